The maximum absolute atomic E-state index is 13.0. The van der Waals surface area contributed by atoms with Crippen molar-refractivity contribution in [1.29, 1.82) is 0 Å². The molecule has 2 aliphatic heterocycles. The summed E-state index contributed by atoms with van der Waals surface area (Å²) in [6.07, 6.45) is 0. The highest BCUT2D eigenvalue weighted by Crippen LogP contribution is 2.41. The zero-order valence-electron chi connectivity index (χ0n) is 14.9. The Morgan fingerprint density at radius 3 is 2.84 bits per heavy atom. The molecule has 1 aromatic carbocycles. The molecule has 1 amide bonds. The Balaban J connectivity index is 1.61. The number of aromatic nitrogens is 2. The van der Waals surface area contributed by atoms with Crippen molar-refractivity contribution in [3.05, 3.63) is 35.2 Å². The number of amides is 1. The minimum atomic E-state index is -0.0607. The monoisotopic (exact) mass is 341 g/mol. The molecule has 2 aromatic rings. The number of likely N-dealkylation sites (tertiary alicyclic amines) is 1. The Hall–Kier alpha value is -2.05. The fourth-order valence-electron chi connectivity index (χ4n) is 4.02. The van der Waals surface area contributed by atoms with Crippen LogP contribution >= 0.6 is 0 Å². The minimum Gasteiger partial charge on any atom is -0.384 e. The number of benzene rings is 1. The molecule has 2 saturated heterocycles. The second-order valence-electron chi connectivity index (χ2n) is 7.29. The van der Waals surface area contributed by atoms with Gasteiger partial charge in [-0.25, -0.2) is 9.97 Å². The van der Waals surface area contributed by atoms with Crippen LogP contribution in [0.5, 0.6) is 0 Å². The summed E-state index contributed by atoms with van der Waals surface area (Å²) >= 11 is 0. The average molecular weight is 341 g/mol. The molecule has 6 heteroatoms. The van der Waals surface area contributed by atoms with Gasteiger partial charge in [-0.2, -0.15) is 0 Å². The topological polar surface area (TPSA) is 64.6 Å². The van der Waals surface area contributed by atoms with E-state index in [2.05, 4.69) is 9.97 Å². The maximum Gasteiger partial charge on any atom is 0.253 e. The van der Waals surface area contributed by atoms with Crippen LogP contribution in [-0.2, 0) is 9.47 Å². The molecule has 25 heavy (non-hydrogen) atoms. The molecule has 1 aromatic heterocycles. The zero-order chi connectivity index (χ0) is 17.6. The SMILES string of the molecule is COC[C@@]12COC[C@@H]1CN(C(=O)c1ccc3nc(C)c(C)nc3c1)C2. The van der Waals surface area contributed by atoms with Gasteiger partial charge in [-0.15, -0.1) is 0 Å². The van der Waals surface area contributed by atoms with Gasteiger partial charge in [0.05, 0.1) is 42.2 Å². The molecule has 2 fully saturated rings. The Labute approximate surface area is 147 Å². The van der Waals surface area contributed by atoms with E-state index in [0.29, 0.717) is 37.8 Å². The second kappa shape index (κ2) is 6.04. The molecule has 2 atom stereocenters. The van der Waals surface area contributed by atoms with Gasteiger partial charge in [0.2, 0.25) is 0 Å². The van der Waals surface area contributed by atoms with E-state index < -0.39 is 0 Å². The number of aryl methyl sites for hydroxylation is 2. The Bertz CT molecular complexity index is 838. The van der Waals surface area contributed by atoms with Gasteiger partial charge in [0.1, 0.15) is 0 Å². The van der Waals surface area contributed by atoms with Gasteiger partial charge in [-0.3, -0.25) is 4.79 Å². The smallest absolute Gasteiger partial charge is 0.253 e. The Morgan fingerprint density at radius 1 is 1.32 bits per heavy atom. The third kappa shape index (κ3) is 2.69. The molecule has 0 aliphatic carbocycles. The number of ether oxygens (including phenoxy) is 2. The van der Waals surface area contributed by atoms with Gasteiger partial charge in [0, 0.05) is 37.1 Å². The molecule has 4 rings (SSSR count). The van der Waals surface area contributed by atoms with Gasteiger partial charge in [-0.1, -0.05) is 0 Å². The predicted octanol–water partition coefficient (Wildman–Crippen LogP) is 1.98. The van der Waals surface area contributed by atoms with E-state index in [1.54, 1.807) is 7.11 Å². The number of hydrogen-bond acceptors (Lipinski definition) is 5. The normalized spacial score (nSPS) is 25.6. The van der Waals surface area contributed by atoms with E-state index in [1.165, 1.54) is 0 Å². The number of nitrogens with zero attached hydrogens (tertiary/aromatic N) is 3. The molecular formula is C19H23N3O3. The summed E-state index contributed by atoms with van der Waals surface area (Å²) in [5, 5.41) is 0. The van der Waals surface area contributed by atoms with E-state index in [1.807, 2.05) is 36.9 Å². The highest BCUT2D eigenvalue weighted by molar-refractivity contribution is 5.97. The molecule has 132 valence electrons. The summed E-state index contributed by atoms with van der Waals surface area (Å²) in [6, 6.07) is 5.58. The highest BCUT2D eigenvalue weighted by atomic mass is 16.5. The fraction of sp³-hybridized carbons (Fsp3) is 0.526. The van der Waals surface area contributed by atoms with Crippen LogP contribution < -0.4 is 0 Å². The predicted molar refractivity (Wildman–Crippen MR) is 93.5 cm³/mol. The first-order valence-electron chi connectivity index (χ1n) is 8.63. The Kier molecular flexibility index (Phi) is 3.96. The number of rotatable bonds is 3. The molecule has 0 N–H and O–H groups in total. The van der Waals surface area contributed by atoms with Crippen molar-refractivity contribution in [2.75, 3.05) is 40.0 Å². The summed E-state index contributed by atoms with van der Waals surface area (Å²) in [7, 11) is 1.71. The van der Waals surface area contributed by atoms with Crippen LogP contribution in [-0.4, -0.2) is 60.8 Å². The molecule has 6 nitrogen and oxygen atoms in total. The third-order valence-corrected chi connectivity index (χ3v) is 5.56. The van der Waals surface area contributed by atoms with Gasteiger partial charge in [0.15, 0.2) is 0 Å². The van der Waals surface area contributed by atoms with E-state index in [9.17, 15) is 4.79 Å². The van der Waals surface area contributed by atoms with Crippen LogP contribution in [0.3, 0.4) is 0 Å². The van der Waals surface area contributed by atoms with Crippen molar-refractivity contribution < 1.29 is 14.3 Å². The number of carbonyl (C=O) groups excluding carboxylic acids is 1. The van der Waals surface area contributed by atoms with Gasteiger partial charge < -0.3 is 14.4 Å². The van der Waals surface area contributed by atoms with Crippen molar-refractivity contribution in [3.8, 4) is 0 Å². The first kappa shape index (κ1) is 16.4. The third-order valence-electron chi connectivity index (χ3n) is 5.56. The average Bonchev–Trinajstić information content (AvgIpc) is 3.12. The lowest BCUT2D eigenvalue weighted by Crippen LogP contribution is -2.37. The number of carbonyl (C=O) groups is 1. The summed E-state index contributed by atoms with van der Waals surface area (Å²) < 4.78 is 11.1. The van der Waals surface area contributed by atoms with E-state index in [4.69, 9.17) is 9.47 Å². The largest absolute Gasteiger partial charge is 0.384 e. The number of methoxy groups -OCH3 is 1. The summed E-state index contributed by atoms with van der Waals surface area (Å²) in [4.78, 5) is 24.1. The molecule has 0 radical (unpaired) electrons. The summed E-state index contributed by atoms with van der Waals surface area (Å²) in [5.74, 6) is 0.397. The second-order valence-corrected chi connectivity index (χ2v) is 7.29. The summed E-state index contributed by atoms with van der Waals surface area (Å²) in [5.41, 5.74) is 4.00. The van der Waals surface area contributed by atoms with Crippen molar-refractivity contribution in [2.24, 2.45) is 11.3 Å². The quantitative estimate of drug-likeness (QED) is 0.854. The molecule has 0 unspecified atom stereocenters. The van der Waals surface area contributed by atoms with Gasteiger partial charge >= 0.3 is 0 Å². The van der Waals surface area contributed by atoms with Crippen LogP contribution in [0.25, 0.3) is 11.0 Å². The summed E-state index contributed by atoms with van der Waals surface area (Å²) in [6.45, 7) is 7.28. The standard InChI is InChI=1S/C19H23N3O3/c1-12-13(2)21-17-6-14(4-5-16(17)20-12)18(23)22-7-15-8-25-11-19(15,9-22)10-24-3/h4-6,15H,7-11H2,1-3H3/t15-,19-/m0/s1. The van der Waals surface area contributed by atoms with Crippen LogP contribution in [0.15, 0.2) is 18.2 Å². The van der Waals surface area contributed by atoms with Crippen LogP contribution in [0.1, 0.15) is 21.7 Å². The molecule has 0 spiro atoms. The van der Waals surface area contributed by atoms with Crippen LogP contribution in [0.2, 0.25) is 0 Å². The number of hydrogen-bond donors (Lipinski definition) is 0. The van der Waals surface area contributed by atoms with Crippen molar-refractivity contribution in [2.45, 2.75) is 13.8 Å². The fourth-order valence-corrected chi connectivity index (χ4v) is 4.02. The highest BCUT2D eigenvalue weighted by Gasteiger charge is 2.51. The minimum absolute atomic E-state index is 0.0480. The van der Waals surface area contributed by atoms with Crippen molar-refractivity contribution >= 4 is 16.9 Å². The van der Waals surface area contributed by atoms with Crippen molar-refractivity contribution in [3.63, 3.8) is 0 Å². The first-order valence-corrected chi connectivity index (χ1v) is 8.63. The van der Waals surface area contributed by atoms with E-state index >= 15 is 0 Å². The zero-order valence-corrected chi connectivity index (χ0v) is 14.9. The van der Waals surface area contributed by atoms with Crippen LogP contribution in [0.4, 0.5) is 0 Å². The molecule has 0 saturated carbocycles. The van der Waals surface area contributed by atoms with Gasteiger partial charge in [0.25, 0.3) is 5.91 Å². The lowest BCUT2D eigenvalue weighted by molar-refractivity contribution is 0.0489. The van der Waals surface area contributed by atoms with Gasteiger partial charge in [-0.05, 0) is 32.0 Å². The first-order chi connectivity index (χ1) is 12.0. The maximum atomic E-state index is 13.0. The van der Waals surface area contributed by atoms with E-state index in [-0.39, 0.29) is 11.3 Å². The Morgan fingerprint density at radius 2 is 2.08 bits per heavy atom. The number of fused-ring (bicyclic) bond motifs is 2. The van der Waals surface area contributed by atoms with Crippen LogP contribution in [0, 0.1) is 25.2 Å². The molecule has 2 aliphatic rings. The molecule has 3 heterocycles. The lowest BCUT2D eigenvalue weighted by Gasteiger charge is -2.26. The molecule has 0 bridgehead atoms. The lowest BCUT2D eigenvalue weighted by atomic mass is 9.82. The van der Waals surface area contributed by atoms with Crippen molar-refractivity contribution in [1.82, 2.24) is 14.9 Å². The van der Waals surface area contributed by atoms with E-state index in [0.717, 1.165) is 29.0 Å². The molecular weight excluding hydrogens is 318 g/mol.